The SMILES string of the molecule is Cc1cc(NS(=O)(=O)c2ccc(CCCCCCCCCCO)cc2)no1. The zero-order chi connectivity index (χ0) is 19.5. The van der Waals surface area contributed by atoms with Crippen LogP contribution in [0.25, 0.3) is 0 Å². The van der Waals surface area contributed by atoms with Gasteiger partial charge in [0.2, 0.25) is 0 Å². The Kier molecular flexibility index (Phi) is 8.81. The van der Waals surface area contributed by atoms with Crippen molar-refractivity contribution in [2.75, 3.05) is 11.3 Å². The number of aryl methyl sites for hydroxylation is 2. The molecule has 0 spiro atoms. The first-order chi connectivity index (χ1) is 13.0. The highest BCUT2D eigenvalue weighted by Gasteiger charge is 2.16. The van der Waals surface area contributed by atoms with Gasteiger partial charge in [0.25, 0.3) is 10.0 Å². The second-order valence-electron chi connectivity index (χ2n) is 6.87. The fourth-order valence-electron chi connectivity index (χ4n) is 2.95. The minimum absolute atomic E-state index is 0.188. The highest BCUT2D eigenvalue weighted by Crippen LogP contribution is 2.18. The van der Waals surface area contributed by atoms with Crippen molar-refractivity contribution in [2.45, 2.75) is 69.6 Å². The lowest BCUT2D eigenvalue weighted by molar-refractivity contribution is 0.282. The molecule has 0 radical (unpaired) electrons. The molecule has 7 heteroatoms. The summed E-state index contributed by atoms with van der Waals surface area (Å²) in [6, 6.07) is 8.55. The molecule has 0 saturated heterocycles. The van der Waals surface area contributed by atoms with Crippen LogP contribution in [0.2, 0.25) is 0 Å². The predicted octanol–water partition coefficient (Wildman–Crippen LogP) is 4.44. The molecule has 1 heterocycles. The Bertz CT molecular complexity index is 770. The van der Waals surface area contributed by atoms with E-state index in [1.807, 2.05) is 12.1 Å². The molecular weight excluding hydrogens is 364 g/mol. The van der Waals surface area contributed by atoms with E-state index in [1.165, 1.54) is 32.1 Å². The molecule has 0 aliphatic carbocycles. The van der Waals surface area contributed by atoms with Crippen LogP contribution in [0, 0.1) is 6.92 Å². The lowest BCUT2D eigenvalue weighted by Gasteiger charge is -2.07. The van der Waals surface area contributed by atoms with Gasteiger partial charge in [0.1, 0.15) is 5.76 Å². The van der Waals surface area contributed by atoms with Gasteiger partial charge >= 0.3 is 0 Å². The van der Waals surface area contributed by atoms with E-state index >= 15 is 0 Å². The van der Waals surface area contributed by atoms with Crippen molar-refractivity contribution >= 4 is 15.8 Å². The minimum atomic E-state index is -3.65. The summed E-state index contributed by atoms with van der Waals surface area (Å²) in [4.78, 5) is 0.217. The van der Waals surface area contributed by atoms with Crippen molar-refractivity contribution < 1.29 is 18.0 Å². The molecule has 0 saturated carbocycles. The standard InChI is InChI=1S/C20H30N2O4S/c1-17-16-20(21-26-17)22-27(24,25)19-13-11-18(12-14-19)10-8-6-4-2-3-5-7-9-15-23/h11-14,16,23H,2-10,15H2,1H3,(H,21,22). The quantitative estimate of drug-likeness (QED) is 0.490. The minimum Gasteiger partial charge on any atom is -0.396 e. The smallest absolute Gasteiger partial charge is 0.263 e. The van der Waals surface area contributed by atoms with E-state index in [0.29, 0.717) is 12.4 Å². The third-order valence-corrected chi connectivity index (χ3v) is 5.84. The van der Waals surface area contributed by atoms with Gasteiger partial charge in [-0.05, 0) is 43.9 Å². The molecule has 2 rings (SSSR count). The summed E-state index contributed by atoms with van der Waals surface area (Å²) in [6.07, 6.45) is 10.2. The molecule has 0 bridgehead atoms. The molecule has 6 nitrogen and oxygen atoms in total. The van der Waals surface area contributed by atoms with Crippen LogP contribution in [0.4, 0.5) is 5.82 Å². The third-order valence-electron chi connectivity index (χ3n) is 4.47. The van der Waals surface area contributed by atoms with Gasteiger partial charge in [-0.1, -0.05) is 55.8 Å². The first-order valence-corrected chi connectivity index (χ1v) is 11.2. The van der Waals surface area contributed by atoms with E-state index < -0.39 is 10.0 Å². The zero-order valence-electron chi connectivity index (χ0n) is 16.0. The van der Waals surface area contributed by atoms with E-state index in [1.54, 1.807) is 25.1 Å². The van der Waals surface area contributed by atoms with Crippen LogP contribution in [0.1, 0.15) is 62.7 Å². The number of rotatable bonds is 13. The average Bonchev–Trinajstić information content (AvgIpc) is 3.05. The molecule has 2 N–H and O–H groups in total. The van der Waals surface area contributed by atoms with Crippen molar-refractivity contribution in [2.24, 2.45) is 0 Å². The summed E-state index contributed by atoms with van der Waals surface area (Å²) in [5.41, 5.74) is 1.15. The monoisotopic (exact) mass is 394 g/mol. The van der Waals surface area contributed by atoms with Gasteiger partial charge in [0.15, 0.2) is 5.82 Å². The predicted molar refractivity (Wildman–Crippen MR) is 106 cm³/mol. The Hall–Kier alpha value is -1.86. The summed E-state index contributed by atoms with van der Waals surface area (Å²) in [5, 5.41) is 12.4. The molecule has 0 atom stereocenters. The summed E-state index contributed by atoms with van der Waals surface area (Å²) in [7, 11) is -3.65. The third kappa shape index (κ3) is 7.72. The number of aliphatic hydroxyl groups is 1. The lowest BCUT2D eigenvalue weighted by atomic mass is 10.0. The van der Waals surface area contributed by atoms with Crippen LogP contribution in [-0.4, -0.2) is 25.3 Å². The van der Waals surface area contributed by atoms with Crippen LogP contribution in [0.5, 0.6) is 0 Å². The summed E-state index contributed by atoms with van der Waals surface area (Å²) in [6.45, 7) is 2.01. The van der Waals surface area contributed by atoms with Crippen molar-refractivity contribution in [1.29, 1.82) is 0 Å². The van der Waals surface area contributed by atoms with Crippen molar-refractivity contribution in [3.8, 4) is 0 Å². The van der Waals surface area contributed by atoms with Crippen molar-refractivity contribution in [3.63, 3.8) is 0 Å². The number of benzene rings is 1. The van der Waals surface area contributed by atoms with E-state index in [4.69, 9.17) is 9.63 Å². The molecule has 0 fully saturated rings. The Morgan fingerprint density at radius 2 is 1.56 bits per heavy atom. The second kappa shape index (κ2) is 11.1. The van der Waals surface area contributed by atoms with Crippen molar-refractivity contribution in [3.05, 3.63) is 41.7 Å². The zero-order valence-corrected chi connectivity index (χ0v) is 16.8. The van der Waals surface area contributed by atoms with Crippen LogP contribution in [0.3, 0.4) is 0 Å². The van der Waals surface area contributed by atoms with Crippen LogP contribution < -0.4 is 4.72 Å². The Labute approximate surface area is 162 Å². The highest BCUT2D eigenvalue weighted by molar-refractivity contribution is 7.92. The number of aliphatic hydroxyl groups excluding tert-OH is 1. The average molecular weight is 395 g/mol. The number of hydrogen-bond donors (Lipinski definition) is 2. The number of aromatic nitrogens is 1. The second-order valence-corrected chi connectivity index (χ2v) is 8.56. The largest absolute Gasteiger partial charge is 0.396 e. The molecule has 0 amide bonds. The van der Waals surface area contributed by atoms with Gasteiger partial charge in [-0.2, -0.15) is 0 Å². The molecule has 27 heavy (non-hydrogen) atoms. The number of hydrogen-bond acceptors (Lipinski definition) is 5. The van der Waals surface area contributed by atoms with Crippen LogP contribution >= 0.6 is 0 Å². The maximum absolute atomic E-state index is 12.3. The number of sulfonamides is 1. The summed E-state index contributed by atoms with van der Waals surface area (Å²) < 4.78 is 32.0. The fraction of sp³-hybridized carbons (Fsp3) is 0.550. The molecule has 2 aromatic rings. The fourth-order valence-corrected chi connectivity index (χ4v) is 3.93. The first-order valence-electron chi connectivity index (χ1n) is 9.67. The number of nitrogens with one attached hydrogen (secondary N) is 1. The molecule has 1 aromatic heterocycles. The lowest BCUT2D eigenvalue weighted by Crippen LogP contribution is -2.13. The normalized spacial score (nSPS) is 11.6. The summed E-state index contributed by atoms with van der Waals surface area (Å²) >= 11 is 0. The maximum Gasteiger partial charge on any atom is 0.263 e. The Morgan fingerprint density at radius 3 is 2.11 bits per heavy atom. The highest BCUT2D eigenvalue weighted by atomic mass is 32.2. The van der Waals surface area contributed by atoms with Gasteiger partial charge in [-0.15, -0.1) is 0 Å². The molecule has 0 unspecified atom stereocenters. The Morgan fingerprint density at radius 1 is 0.963 bits per heavy atom. The van der Waals surface area contributed by atoms with Gasteiger partial charge in [0.05, 0.1) is 4.90 Å². The molecule has 0 aliphatic heterocycles. The topological polar surface area (TPSA) is 92.4 Å². The van der Waals surface area contributed by atoms with Gasteiger partial charge in [0, 0.05) is 12.7 Å². The molecule has 0 aliphatic rings. The van der Waals surface area contributed by atoms with Crippen molar-refractivity contribution in [1.82, 2.24) is 5.16 Å². The van der Waals surface area contributed by atoms with E-state index in [0.717, 1.165) is 31.2 Å². The van der Waals surface area contributed by atoms with Crippen LogP contribution in [0.15, 0.2) is 39.8 Å². The number of nitrogens with zero attached hydrogens (tertiary/aromatic N) is 1. The van der Waals surface area contributed by atoms with Gasteiger partial charge in [-0.25, -0.2) is 8.42 Å². The number of unbranched alkanes of at least 4 members (excludes halogenated alkanes) is 7. The summed E-state index contributed by atoms with van der Waals surface area (Å²) in [5.74, 6) is 0.737. The molecular formula is C20H30N2O4S. The molecule has 1 aromatic carbocycles. The van der Waals surface area contributed by atoms with E-state index in [9.17, 15) is 8.42 Å². The molecule has 150 valence electrons. The Balaban J connectivity index is 1.70. The van der Waals surface area contributed by atoms with E-state index in [2.05, 4.69) is 9.88 Å². The van der Waals surface area contributed by atoms with E-state index in [-0.39, 0.29) is 10.7 Å². The first kappa shape index (κ1) is 21.4. The number of anilines is 1. The maximum atomic E-state index is 12.3. The van der Waals surface area contributed by atoms with Gasteiger partial charge < -0.3 is 9.63 Å². The van der Waals surface area contributed by atoms with Crippen LogP contribution in [-0.2, 0) is 16.4 Å². The van der Waals surface area contributed by atoms with Gasteiger partial charge in [-0.3, -0.25) is 4.72 Å².